The van der Waals surface area contributed by atoms with Crippen LogP contribution in [-0.2, 0) is 4.74 Å². The molecule has 2 nitrogen and oxygen atoms in total. The summed E-state index contributed by atoms with van der Waals surface area (Å²) >= 11 is 0. The molecule has 0 radical (unpaired) electrons. The summed E-state index contributed by atoms with van der Waals surface area (Å²) in [5.41, 5.74) is 5.69. The zero-order valence-corrected chi connectivity index (χ0v) is 9.98. The average molecular weight is 275 g/mol. The molecule has 0 bridgehead atoms. The van der Waals surface area contributed by atoms with Crippen LogP contribution in [0, 0.1) is 5.92 Å². The number of rotatable bonds is 6. The predicted octanol–water partition coefficient (Wildman–Crippen LogP) is 3.11. The second-order valence-corrected chi connectivity index (χ2v) is 4.92. The Balaban J connectivity index is 2.09. The minimum Gasteiger partial charge on any atom is -0.372 e. The summed E-state index contributed by atoms with van der Waals surface area (Å²) in [5.74, 6) is -2.73. The van der Waals surface area contributed by atoms with Gasteiger partial charge < -0.3 is 10.5 Å². The van der Waals surface area contributed by atoms with Gasteiger partial charge in [0.05, 0.1) is 0 Å². The first-order chi connectivity index (χ1) is 8.18. The fraction of sp³-hybridized carbons (Fsp3) is 1.00. The van der Waals surface area contributed by atoms with Crippen LogP contribution in [0.25, 0.3) is 0 Å². The van der Waals surface area contributed by atoms with Crippen LogP contribution >= 0.6 is 0 Å². The van der Waals surface area contributed by atoms with E-state index in [1.807, 2.05) is 0 Å². The molecule has 1 aliphatic carbocycles. The molecule has 108 valence electrons. The van der Waals surface area contributed by atoms with Crippen molar-refractivity contribution in [2.75, 3.05) is 13.2 Å². The second kappa shape index (κ2) is 6.14. The number of alkyl halides is 5. The molecule has 1 aliphatic rings. The molecule has 1 saturated carbocycles. The van der Waals surface area contributed by atoms with Crippen LogP contribution in [0.1, 0.15) is 32.1 Å². The molecular weight excluding hydrogens is 257 g/mol. The molecule has 0 amide bonds. The molecule has 18 heavy (non-hydrogen) atoms. The van der Waals surface area contributed by atoms with Crippen molar-refractivity contribution in [2.24, 2.45) is 11.7 Å². The van der Waals surface area contributed by atoms with Gasteiger partial charge >= 0.3 is 6.18 Å². The number of ether oxygens (including phenoxy) is 1. The van der Waals surface area contributed by atoms with Crippen LogP contribution < -0.4 is 5.73 Å². The van der Waals surface area contributed by atoms with Crippen molar-refractivity contribution >= 4 is 0 Å². The number of hydrogen-bond acceptors (Lipinski definition) is 2. The molecule has 0 aromatic heterocycles. The Labute approximate surface area is 103 Å². The fourth-order valence-electron chi connectivity index (χ4n) is 2.21. The predicted molar refractivity (Wildman–Crippen MR) is 56.4 cm³/mol. The van der Waals surface area contributed by atoms with Gasteiger partial charge in [-0.15, -0.1) is 0 Å². The third-order valence-electron chi connectivity index (χ3n) is 3.04. The van der Waals surface area contributed by atoms with Crippen LogP contribution in [0.3, 0.4) is 0 Å². The molecule has 0 saturated heterocycles. The molecule has 2 N–H and O–H groups in total. The third-order valence-corrected chi connectivity index (χ3v) is 3.04. The lowest BCUT2D eigenvalue weighted by molar-refractivity contribution is -0.174. The first-order valence-electron chi connectivity index (χ1n) is 5.96. The van der Waals surface area contributed by atoms with Crippen LogP contribution in [-0.4, -0.2) is 31.4 Å². The number of halogens is 5. The van der Waals surface area contributed by atoms with E-state index in [0.717, 1.165) is 0 Å². The first kappa shape index (κ1) is 15.6. The van der Waals surface area contributed by atoms with Gasteiger partial charge in [-0.1, -0.05) is 0 Å². The van der Waals surface area contributed by atoms with Crippen molar-refractivity contribution in [1.29, 1.82) is 0 Å². The zero-order valence-electron chi connectivity index (χ0n) is 9.98. The van der Waals surface area contributed by atoms with E-state index in [-0.39, 0.29) is 37.8 Å². The average Bonchev–Trinajstić information content (AvgIpc) is 2.51. The molecule has 0 aliphatic heterocycles. The van der Waals surface area contributed by atoms with Crippen molar-refractivity contribution in [1.82, 2.24) is 0 Å². The van der Waals surface area contributed by atoms with Crippen molar-refractivity contribution in [3.8, 4) is 0 Å². The van der Waals surface area contributed by atoms with E-state index >= 15 is 0 Å². The van der Waals surface area contributed by atoms with Crippen molar-refractivity contribution in [3.63, 3.8) is 0 Å². The lowest BCUT2D eigenvalue weighted by Gasteiger charge is -2.17. The first-order valence-corrected chi connectivity index (χ1v) is 5.96. The summed E-state index contributed by atoms with van der Waals surface area (Å²) in [6.45, 7) is -1.38. The Hall–Kier alpha value is -0.430. The van der Waals surface area contributed by atoms with Gasteiger partial charge in [0.15, 0.2) is 0 Å². The molecule has 2 unspecified atom stereocenters. The Morgan fingerprint density at radius 1 is 1.33 bits per heavy atom. The highest BCUT2D eigenvalue weighted by atomic mass is 19.4. The normalized spacial score (nSPS) is 25.3. The topological polar surface area (TPSA) is 35.2 Å². The van der Waals surface area contributed by atoms with E-state index in [2.05, 4.69) is 4.74 Å². The van der Waals surface area contributed by atoms with Gasteiger partial charge in [-0.05, 0) is 25.2 Å². The maximum absolute atomic E-state index is 12.9. The Bertz CT molecular complexity index is 256. The highest BCUT2D eigenvalue weighted by molar-refractivity contribution is 4.83. The fourth-order valence-corrected chi connectivity index (χ4v) is 2.21. The van der Waals surface area contributed by atoms with Crippen LogP contribution in [0.5, 0.6) is 0 Å². The number of nitrogens with two attached hydrogens (primary N) is 1. The standard InChI is InChI=1S/C11H18F5NO/c12-10(13)3-1-8(6-10)5-9(17)2-4-18-7-11(14,15)16/h8-9H,1-7,17H2. The zero-order chi connectivity index (χ0) is 13.8. The molecule has 1 rings (SSSR count). The van der Waals surface area contributed by atoms with Crippen LogP contribution in [0.4, 0.5) is 22.0 Å². The van der Waals surface area contributed by atoms with Gasteiger partial charge in [0.2, 0.25) is 5.92 Å². The summed E-state index contributed by atoms with van der Waals surface area (Å²) in [4.78, 5) is 0. The summed E-state index contributed by atoms with van der Waals surface area (Å²) in [5, 5.41) is 0. The van der Waals surface area contributed by atoms with Gasteiger partial charge in [-0.3, -0.25) is 0 Å². The summed E-state index contributed by atoms with van der Waals surface area (Å²) in [7, 11) is 0. The van der Waals surface area contributed by atoms with Crippen molar-refractivity contribution in [3.05, 3.63) is 0 Å². The third kappa shape index (κ3) is 6.49. The molecule has 0 spiro atoms. The summed E-state index contributed by atoms with van der Waals surface area (Å²) in [6.07, 6.45) is -3.50. The van der Waals surface area contributed by atoms with E-state index in [1.165, 1.54) is 0 Å². The molecule has 2 atom stereocenters. The van der Waals surface area contributed by atoms with E-state index in [9.17, 15) is 22.0 Å². The van der Waals surface area contributed by atoms with E-state index < -0.39 is 18.7 Å². The van der Waals surface area contributed by atoms with Gasteiger partial charge in [-0.25, -0.2) is 8.78 Å². The Kier molecular flexibility index (Phi) is 5.33. The highest BCUT2D eigenvalue weighted by Crippen LogP contribution is 2.40. The molecule has 0 heterocycles. The number of hydrogen-bond donors (Lipinski definition) is 1. The Morgan fingerprint density at radius 2 is 2.00 bits per heavy atom. The summed E-state index contributed by atoms with van der Waals surface area (Å²) < 4.78 is 65.5. The second-order valence-electron chi connectivity index (χ2n) is 4.92. The highest BCUT2D eigenvalue weighted by Gasteiger charge is 2.39. The van der Waals surface area contributed by atoms with Gasteiger partial charge in [0, 0.05) is 25.5 Å². The van der Waals surface area contributed by atoms with E-state index in [4.69, 9.17) is 5.73 Å². The SMILES string of the molecule is NC(CCOCC(F)(F)F)CC1CCC(F)(F)C1. The van der Waals surface area contributed by atoms with Gasteiger partial charge in [-0.2, -0.15) is 13.2 Å². The van der Waals surface area contributed by atoms with E-state index in [0.29, 0.717) is 12.8 Å². The van der Waals surface area contributed by atoms with Crippen molar-refractivity contribution in [2.45, 2.75) is 50.2 Å². The molecule has 0 aromatic carbocycles. The molecule has 0 aromatic rings. The maximum atomic E-state index is 12.9. The quantitative estimate of drug-likeness (QED) is 0.597. The smallest absolute Gasteiger partial charge is 0.372 e. The monoisotopic (exact) mass is 275 g/mol. The molecule has 1 fully saturated rings. The molecule has 7 heteroatoms. The van der Waals surface area contributed by atoms with Gasteiger partial charge in [0.25, 0.3) is 0 Å². The summed E-state index contributed by atoms with van der Waals surface area (Å²) in [6, 6.07) is -0.378. The maximum Gasteiger partial charge on any atom is 0.411 e. The van der Waals surface area contributed by atoms with Crippen LogP contribution in [0.15, 0.2) is 0 Å². The van der Waals surface area contributed by atoms with Gasteiger partial charge in [0.1, 0.15) is 6.61 Å². The van der Waals surface area contributed by atoms with Crippen LogP contribution in [0.2, 0.25) is 0 Å². The Morgan fingerprint density at radius 3 is 2.50 bits per heavy atom. The minimum atomic E-state index is -4.34. The lowest BCUT2D eigenvalue weighted by atomic mass is 9.97. The lowest BCUT2D eigenvalue weighted by Crippen LogP contribution is -2.26. The largest absolute Gasteiger partial charge is 0.411 e. The molecular formula is C11H18F5NO. The minimum absolute atomic E-state index is 0.0935. The van der Waals surface area contributed by atoms with E-state index in [1.54, 1.807) is 0 Å². The van der Waals surface area contributed by atoms with Crippen molar-refractivity contribution < 1.29 is 26.7 Å².